The van der Waals surface area contributed by atoms with Gasteiger partial charge in [-0.1, -0.05) is 47.3 Å². The van der Waals surface area contributed by atoms with Gasteiger partial charge in [-0.15, -0.1) is 0 Å². The highest BCUT2D eigenvalue weighted by molar-refractivity contribution is 7.99. The molecule has 1 fully saturated rings. The van der Waals surface area contributed by atoms with E-state index in [1.54, 1.807) is 11.8 Å². The van der Waals surface area contributed by atoms with E-state index in [0.29, 0.717) is 17.8 Å². The van der Waals surface area contributed by atoms with E-state index in [4.69, 9.17) is 4.52 Å². The highest BCUT2D eigenvalue weighted by Gasteiger charge is 2.27. The molecule has 22 heavy (non-hydrogen) atoms. The zero-order chi connectivity index (χ0) is 14.9. The molecule has 0 N–H and O–H groups in total. The summed E-state index contributed by atoms with van der Waals surface area (Å²) < 4.78 is 7.67. The van der Waals surface area contributed by atoms with Crippen molar-refractivity contribution in [3.05, 3.63) is 48.6 Å². The van der Waals surface area contributed by atoms with Crippen LogP contribution < -0.4 is 0 Å². The van der Waals surface area contributed by atoms with Crippen LogP contribution >= 0.6 is 11.8 Å². The first-order valence-corrected chi connectivity index (χ1v) is 8.28. The normalized spacial score (nSPS) is 15.9. The summed E-state index contributed by atoms with van der Waals surface area (Å²) in [7, 11) is 0. The van der Waals surface area contributed by atoms with Gasteiger partial charge in [0.2, 0.25) is 11.7 Å². The number of aromatic nitrogens is 4. The van der Waals surface area contributed by atoms with Crippen molar-refractivity contribution in [3.8, 4) is 11.4 Å². The zero-order valence-corrected chi connectivity index (χ0v) is 13.0. The lowest BCUT2D eigenvalue weighted by Gasteiger charge is -2.08. The van der Waals surface area contributed by atoms with Crippen molar-refractivity contribution in [2.45, 2.75) is 36.2 Å². The third-order valence-corrected chi connectivity index (χ3v) is 4.76. The minimum Gasteiger partial charge on any atom is -0.338 e. The lowest BCUT2D eigenvalue weighted by atomic mass is 10.2. The summed E-state index contributed by atoms with van der Waals surface area (Å²) in [6.07, 6.45) is 6.40. The second kappa shape index (κ2) is 5.61. The third-order valence-electron chi connectivity index (χ3n) is 3.68. The minimum absolute atomic E-state index is 0.0739. The smallest absolute Gasteiger partial charge is 0.240 e. The second-order valence-electron chi connectivity index (χ2n) is 5.43. The molecule has 1 aromatic carbocycles. The Morgan fingerprint density at radius 2 is 2.09 bits per heavy atom. The van der Waals surface area contributed by atoms with E-state index in [9.17, 15) is 0 Å². The minimum atomic E-state index is 0.0739. The van der Waals surface area contributed by atoms with Crippen LogP contribution in [0.4, 0.5) is 0 Å². The monoisotopic (exact) mass is 312 g/mol. The van der Waals surface area contributed by atoms with Crippen LogP contribution in [0, 0.1) is 0 Å². The quantitative estimate of drug-likeness (QED) is 0.663. The molecule has 1 unspecified atom stereocenters. The molecule has 0 spiro atoms. The largest absolute Gasteiger partial charge is 0.338 e. The molecule has 0 amide bonds. The SMILES string of the molecule is CC(Sc1nccn1C1CC1)c1nc(-c2ccccc2)no1. The zero-order valence-electron chi connectivity index (χ0n) is 12.2. The van der Waals surface area contributed by atoms with Gasteiger partial charge in [0.15, 0.2) is 5.16 Å². The number of hydrogen-bond donors (Lipinski definition) is 0. The van der Waals surface area contributed by atoms with E-state index in [2.05, 4.69) is 32.8 Å². The molecule has 0 bridgehead atoms. The number of hydrogen-bond acceptors (Lipinski definition) is 5. The Balaban J connectivity index is 1.52. The van der Waals surface area contributed by atoms with Crippen LogP contribution in [0.5, 0.6) is 0 Å². The summed E-state index contributed by atoms with van der Waals surface area (Å²) in [5.74, 6) is 1.27. The Morgan fingerprint density at radius 1 is 1.27 bits per heavy atom. The van der Waals surface area contributed by atoms with E-state index in [0.717, 1.165) is 10.7 Å². The summed E-state index contributed by atoms with van der Waals surface area (Å²) in [6.45, 7) is 2.07. The lowest BCUT2D eigenvalue weighted by Crippen LogP contribution is -1.97. The maximum Gasteiger partial charge on any atom is 0.240 e. The number of rotatable bonds is 5. The average Bonchev–Trinajstić information content (AvgIpc) is 3.09. The standard InChI is InChI=1S/C16H16N4OS/c1-11(22-16-17-9-10-20(16)13-7-8-13)15-18-14(19-21-15)12-5-3-2-4-6-12/h2-6,9-11,13H,7-8H2,1H3. The Hall–Kier alpha value is -2.08. The van der Waals surface area contributed by atoms with Crippen LogP contribution in [0.15, 0.2) is 52.4 Å². The van der Waals surface area contributed by atoms with Crippen molar-refractivity contribution >= 4 is 11.8 Å². The molecule has 0 aliphatic heterocycles. The first-order chi connectivity index (χ1) is 10.8. The fraction of sp³-hybridized carbons (Fsp3) is 0.312. The van der Waals surface area contributed by atoms with E-state index in [1.165, 1.54) is 12.8 Å². The average molecular weight is 312 g/mol. The molecule has 1 aliphatic carbocycles. The second-order valence-corrected chi connectivity index (χ2v) is 6.74. The van der Waals surface area contributed by atoms with Crippen LogP contribution in [0.2, 0.25) is 0 Å². The molecule has 0 saturated heterocycles. The predicted molar refractivity (Wildman–Crippen MR) is 84.5 cm³/mol. The lowest BCUT2D eigenvalue weighted by molar-refractivity contribution is 0.380. The highest BCUT2D eigenvalue weighted by Crippen LogP contribution is 2.41. The fourth-order valence-electron chi connectivity index (χ4n) is 2.33. The van der Waals surface area contributed by atoms with Gasteiger partial charge in [-0.3, -0.25) is 0 Å². The van der Waals surface area contributed by atoms with Crippen molar-refractivity contribution in [1.82, 2.24) is 19.7 Å². The number of benzene rings is 1. The van der Waals surface area contributed by atoms with Gasteiger partial charge in [-0.25, -0.2) is 4.98 Å². The van der Waals surface area contributed by atoms with Crippen LogP contribution in [-0.2, 0) is 0 Å². The van der Waals surface area contributed by atoms with Crippen LogP contribution in [-0.4, -0.2) is 19.7 Å². The fourth-order valence-corrected chi connectivity index (χ4v) is 3.30. The number of nitrogens with zero attached hydrogens (tertiary/aromatic N) is 4. The molecule has 2 heterocycles. The molecule has 4 rings (SSSR count). The molecule has 1 saturated carbocycles. The maximum absolute atomic E-state index is 5.43. The molecule has 0 radical (unpaired) electrons. The van der Waals surface area contributed by atoms with E-state index < -0.39 is 0 Å². The van der Waals surface area contributed by atoms with Crippen LogP contribution in [0.3, 0.4) is 0 Å². The molecule has 2 aromatic heterocycles. The topological polar surface area (TPSA) is 56.7 Å². The van der Waals surface area contributed by atoms with E-state index in [1.807, 2.05) is 36.5 Å². The molecular formula is C16H16N4OS. The Bertz CT molecular complexity index is 763. The van der Waals surface area contributed by atoms with Crippen molar-refractivity contribution in [2.75, 3.05) is 0 Å². The summed E-state index contributed by atoms with van der Waals surface area (Å²) in [6, 6.07) is 10.5. The third kappa shape index (κ3) is 2.66. The van der Waals surface area contributed by atoms with Gasteiger partial charge in [0, 0.05) is 24.0 Å². The summed E-state index contributed by atoms with van der Waals surface area (Å²) in [4.78, 5) is 8.96. The summed E-state index contributed by atoms with van der Waals surface area (Å²) in [5, 5.41) is 5.18. The van der Waals surface area contributed by atoms with E-state index in [-0.39, 0.29) is 5.25 Å². The predicted octanol–water partition coefficient (Wildman–Crippen LogP) is 4.12. The van der Waals surface area contributed by atoms with Gasteiger partial charge >= 0.3 is 0 Å². The molecule has 6 heteroatoms. The molecule has 3 aromatic rings. The van der Waals surface area contributed by atoms with Gasteiger partial charge in [0.25, 0.3) is 0 Å². The summed E-state index contributed by atoms with van der Waals surface area (Å²) in [5.41, 5.74) is 0.967. The van der Waals surface area contributed by atoms with E-state index >= 15 is 0 Å². The Labute approximate surface area is 132 Å². The number of thioether (sulfide) groups is 1. The molecule has 1 atom stereocenters. The first-order valence-electron chi connectivity index (χ1n) is 7.40. The molecule has 112 valence electrons. The van der Waals surface area contributed by atoms with Crippen LogP contribution in [0.1, 0.15) is 36.9 Å². The first kappa shape index (κ1) is 13.6. The van der Waals surface area contributed by atoms with Crippen molar-refractivity contribution in [1.29, 1.82) is 0 Å². The Morgan fingerprint density at radius 3 is 2.86 bits per heavy atom. The van der Waals surface area contributed by atoms with Gasteiger partial charge in [0.1, 0.15) is 0 Å². The molecule has 1 aliphatic rings. The van der Waals surface area contributed by atoms with Crippen molar-refractivity contribution in [2.24, 2.45) is 0 Å². The van der Waals surface area contributed by atoms with Gasteiger partial charge in [0.05, 0.1) is 5.25 Å². The van der Waals surface area contributed by atoms with Gasteiger partial charge in [-0.2, -0.15) is 4.98 Å². The summed E-state index contributed by atoms with van der Waals surface area (Å²) >= 11 is 1.66. The van der Waals surface area contributed by atoms with Crippen LogP contribution in [0.25, 0.3) is 11.4 Å². The van der Waals surface area contributed by atoms with Gasteiger partial charge < -0.3 is 9.09 Å². The molecular weight excluding hydrogens is 296 g/mol. The van der Waals surface area contributed by atoms with Crippen molar-refractivity contribution < 1.29 is 4.52 Å². The van der Waals surface area contributed by atoms with Crippen molar-refractivity contribution in [3.63, 3.8) is 0 Å². The highest BCUT2D eigenvalue weighted by atomic mass is 32.2. The van der Waals surface area contributed by atoms with Gasteiger partial charge in [-0.05, 0) is 19.8 Å². The number of imidazole rings is 1. The Kier molecular flexibility index (Phi) is 3.46. The molecule has 5 nitrogen and oxygen atoms in total. The maximum atomic E-state index is 5.43.